The Morgan fingerprint density at radius 1 is 1.03 bits per heavy atom. The van der Waals surface area contributed by atoms with E-state index in [9.17, 15) is 18.5 Å². The number of aryl methyl sites for hydroxylation is 1. The van der Waals surface area contributed by atoms with E-state index in [1.165, 1.54) is 36.9 Å². The van der Waals surface area contributed by atoms with E-state index >= 15 is 0 Å². The van der Waals surface area contributed by atoms with Gasteiger partial charge in [0.2, 0.25) is 0 Å². The molecule has 0 atom stereocenters. The van der Waals surface area contributed by atoms with Crippen LogP contribution in [0.3, 0.4) is 0 Å². The molecule has 0 fully saturated rings. The molecule has 0 aliphatic heterocycles. The van der Waals surface area contributed by atoms with Gasteiger partial charge in [-0.05, 0) is 54.8 Å². The van der Waals surface area contributed by atoms with Crippen molar-refractivity contribution in [2.24, 2.45) is 5.10 Å². The first-order chi connectivity index (χ1) is 15.4. The number of nitro benzene ring substituents is 1. The fraction of sp³-hybridized carbons (Fsp3) is 0.136. The van der Waals surface area contributed by atoms with Gasteiger partial charge in [0.1, 0.15) is 11.4 Å². The molecule has 3 aromatic carbocycles. The third-order valence-electron chi connectivity index (χ3n) is 5.09. The Kier molecular flexibility index (Phi) is 5.78. The van der Waals surface area contributed by atoms with E-state index in [1.54, 1.807) is 12.1 Å². The number of ether oxygens (including phenoxy) is 1. The van der Waals surface area contributed by atoms with E-state index in [-0.39, 0.29) is 10.6 Å². The number of methoxy groups -OCH3 is 1. The van der Waals surface area contributed by atoms with Crippen LogP contribution in [0.2, 0.25) is 0 Å². The average molecular weight is 452 g/mol. The second kappa shape index (κ2) is 8.67. The van der Waals surface area contributed by atoms with Crippen molar-refractivity contribution in [3.05, 3.63) is 88.0 Å². The number of hydrogen-bond donors (Lipinski definition) is 2. The van der Waals surface area contributed by atoms with Crippen LogP contribution in [0.5, 0.6) is 5.75 Å². The topological polar surface area (TPSA) is 123 Å². The van der Waals surface area contributed by atoms with Crippen molar-refractivity contribution in [1.29, 1.82) is 0 Å². The van der Waals surface area contributed by atoms with Crippen molar-refractivity contribution in [3.63, 3.8) is 0 Å². The van der Waals surface area contributed by atoms with Gasteiger partial charge in [-0.2, -0.15) is 5.10 Å². The number of nitrogens with zero attached hydrogens (tertiary/aromatic N) is 2. The van der Waals surface area contributed by atoms with E-state index in [0.717, 1.165) is 30.2 Å². The molecule has 4 rings (SSSR count). The highest BCUT2D eigenvalue weighted by molar-refractivity contribution is 7.92. The molecule has 1 aliphatic rings. The summed E-state index contributed by atoms with van der Waals surface area (Å²) in [7, 11) is -2.53. The van der Waals surface area contributed by atoms with Crippen LogP contribution >= 0.6 is 0 Å². The van der Waals surface area contributed by atoms with Gasteiger partial charge in [0, 0.05) is 17.3 Å². The van der Waals surface area contributed by atoms with E-state index in [1.807, 2.05) is 24.3 Å². The Bertz CT molecular complexity index is 1300. The molecule has 10 heteroatoms. The van der Waals surface area contributed by atoms with E-state index in [4.69, 9.17) is 4.74 Å². The smallest absolute Gasteiger partial charge is 0.295 e. The molecule has 0 bridgehead atoms. The molecule has 9 nitrogen and oxygen atoms in total. The summed E-state index contributed by atoms with van der Waals surface area (Å²) in [6.45, 7) is 0. The molecular formula is C22H20N4O5S. The number of anilines is 2. The summed E-state index contributed by atoms with van der Waals surface area (Å²) in [5.74, 6) is 0.575. The second-order valence-electron chi connectivity index (χ2n) is 7.10. The summed E-state index contributed by atoms with van der Waals surface area (Å²) in [4.78, 5) is 10.7. The van der Waals surface area contributed by atoms with Crippen molar-refractivity contribution < 1.29 is 18.1 Å². The Balaban J connectivity index is 1.59. The molecule has 2 N–H and O–H groups in total. The first-order valence-corrected chi connectivity index (χ1v) is 11.2. The Morgan fingerprint density at radius 3 is 2.50 bits per heavy atom. The van der Waals surface area contributed by atoms with Crippen molar-refractivity contribution in [2.45, 2.75) is 17.7 Å². The molecule has 0 spiro atoms. The highest BCUT2D eigenvalue weighted by atomic mass is 32.2. The summed E-state index contributed by atoms with van der Waals surface area (Å²) < 4.78 is 32.9. The van der Waals surface area contributed by atoms with Gasteiger partial charge in [0.25, 0.3) is 15.7 Å². The lowest BCUT2D eigenvalue weighted by atomic mass is 10.1. The first-order valence-electron chi connectivity index (χ1n) is 9.73. The zero-order valence-corrected chi connectivity index (χ0v) is 17.9. The van der Waals surface area contributed by atoms with Crippen LogP contribution in [0.1, 0.15) is 17.5 Å². The lowest BCUT2D eigenvalue weighted by Gasteiger charge is -2.10. The largest absolute Gasteiger partial charge is 0.497 e. The third kappa shape index (κ3) is 4.40. The fourth-order valence-corrected chi connectivity index (χ4v) is 4.53. The summed E-state index contributed by atoms with van der Waals surface area (Å²) >= 11 is 0. The molecule has 0 radical (unpaired) electrons. The normalized spacial score (nSPS) is 14.1. The number of nitro groups is 1. The monoisotopic (exact) mass is 452 g/mol. The maximum Gasteiger partial charge on any atom is 0.295 e. The van der Waals surface area contributed by atoms with E-state index in [2.05, 4.69) is 15.2 Å². The Hall–Kier alpha value is -3.92. The van der Waals surface area contributed by atoms with Gasteiger partial charge in [-0.25, -0.2) is 8.42 Å². The molecular weight excluding hydrogens is 432 g/mol. The maximum absolute atomic E-state index is 12.7. The number of fused-ring (bicyclic) bond motifs is 1. The minimum atomic E-state index is -4.04. The zero-order valence-electron chi connectivity index (χ0n) is 17.1. The molecule has 32 heavy (non-hydrogen) atoms. The van der Waals surface area contributed by atoms with E-state index in [0.29, 0.717) is 11.4 Å². The van der Waals surface area contributed by atoms with Gasteiger partial charge in [-0.15, -0.1) is 0 Å². The minimum absolute atomic E-state index is 0.107. The van der Waals surface area contributed by atoms with Crippen LogP contribution in [-0.4, -0.2) is 26.2 Å². The maximum atomic E-state index is 12.7. The van der Waals surface area contributed by atoms with Crippen molar-refractivity contribution in [3.8, 4) is 5.75 Å². The van der Waals surface area contributed by atoms with Crippen molar-refractivity contribution >= 4 is 32.8 Å². The summed E-state index contributed by atoms with van der Waals surface area (Å²) in [5, 5.41) is 16.0. The molecule has 0 unspecified atom stereocenters. The lowest BCUT2D eigenvalue weighted by molar-refractivity contribution is -0.384. The van der Waals surface area contributed by atoms with Crippen LogP contribution < -0.4 is 14.9 Å². The number of hydrogen-bond acceptors (Lipinski definition) is 7. The molecule has 164 valence electrons. The zero-order chi connectivity index (χ0) is 22.7. The standard InChI is InChI=1S/C22H20N4O5S/c1-31-17-9-7-16(8-10-17)25-32(29,30)18-11-13-21(22(14-18)26(27)28)24-23-20-12-6-15-4-2-3-5-19(15)20/h2-5,7-11,13-14,24-25H,6,12H2,1H3. The van der Waals surface area contributed by atoms with Crippen LogP contribution in [0.15, 0.2) is 76.7 Å². The first kappa shape index (κ1) is 21.3. The molecule has 0 aromatic heterocycles. The summed E-state index contributed by atoms with van der Waals surface area (Å²) in [6, 6.07) is 17.8. The fourth-order valence-electron chi connectivity index (χ4n) is 3.45. The van der Waals surface area contributed by atoms with Gasteiger partial charge in [-0.1, -0.05) is 24.3 Å². The van der Waals surface area contributed by atoms with Crippen molar-refractivity contribution in [2.75, 3.05) is 17.3 Å². The highest BCUT2D eigenvalue weighted by Gasteiger charge is 2.22. The highest BCUT2D eigenvalue weighted by Crippen LogP contribution is 2.30. The summed E-state index contributed by atoms with van der Waals surface area (Å²) in [6.07, 6.45) is 1.57. The van der Waals surface area contributed by atoms with Crippen LogP contribution in [0, 0.1) is 10.1 Å². The molecule has 0 saturated carbocycles. The predicted molar refractivity (Wildman–Crippen MR) is 122 cm³/mol. The van der Waals surface area contributed by atoms with Crippen molar-refractivity contribution in [1.82, 2.24) is 0 Å². The molecule has 0 heterocycles. The molecule has 0 saturated heterocycles. The third-order valence-corrected chi connectivity index (χ3v) is 6.47. The number of benzene rings is 3. The summed E-state index contributed by atoms with van der Waals surface area (Å²) in [5.41, 5.74) is 5.74. The molecule has 0 amide bonds. The average Bonchev–Trinajstić information content (AvgIpc) is 3.21. The van der Waals surface area contributed by atoms with Gasteiger partial charge in [-0.3, -0.25) is 20.3 Å². The van der Waals surface area contributed by atoms with Gasteiger partial charge in [0.05, 0.1) is 22.6 Å². The van der Waals surface area contributed by atoms with Crippen LogP contribution in [0.4, 0.5) is 17.1 Å². The Labute approximate surface area is 184 Å². The van der Waals surface area contributed by atoms with Crippen LogP contribution in [0.25, 0.3) is 0 Å². The van der Waals surface area contributed by atoms with E-state index < -0.39 is 20.6 Å². The minimum Gasteiger partial charge on any atom is -0.497 e. The van der Waals surface area contributed by atoms with Gasteiger partial charge >= 0.3 is 0 Å². The Morgan fingerprint density at radius 2 is 1.78 bits per heavy atom. The second-order valence-corrected chi connectivity index (χ2v) is 8.78. The van der Waals surface area contributed by atoms with Gasteiger partial charge in [0.15, 0.2) is 0 Å². The number of hydrazone groups is 1. The quantitative estimate of drug-likeness (QED) is 0.410. The number of sulfonamides is 1. The SMILES string of the molecule is COc1ccc(NS(=O)(=O)c2ccc(NN=C3CCc4ccccc43)c([N+](=O)[O-])c2)cc1. The number of rotatable bonds is 7. The number of nitrogens with one attached hydrogen (secondary N) is 2. The molecule has 3 aromatic rings. The van der Waals surface area contributed by atoms with Gasteiger partial charge < -0.3 is 4.74 Å². The lowest BCUT2D eigenvalue weighted by Crippen LogP contribution is -2.13. The molecule has 1 aliphatic carbocycles. The predicted octanol–water partition coefficient (Wildman–Crippen LogP) is 4.17. The van der Waals surface area contributed by atoms with Crippen LogP contribution in [-0.2, 0) is 16.4 Å².